The standard InChI is InChI=1S/C30H26N2O4/c1-34-23-16-12-20(13-17-23)27(29-25-10-6-7-11-26(25)30(33)36-29)28(21-14-18-24(35-2)19-15-21)32-31-22-8-4-3-5-9-22/h3-19,27,29,31H,1-2H3/b32-28+. The first-order valence-electron chi connectivity index (χ1n) is 11.6. The third-order valence-electron chi connectivity index (χ3n) is 6.26. The van der Waals surface area contributed by atoms with Crippen LogP contribution >= 0.6 is 0 Å². The number of methoxy groups -OCH3 is 2. The maximum atomic E-state index is 12.8. The summed E-state index contributed by atoms with van der Waals surface area (Å²) in [5.74, 6) is 0.756. The fourth-order valence-electron chi connectivity index (χ4n) is 4.42. The van der Waals surface area contributed by atoms with Crippen LogP contribution in [0.2, 0.25) is 0 Å². The molecule has 1 heterocycles. The van der Waals surface area contributed by atoms with Crippen molar-refractivity contribution in [3.05, 3.63) is 125 Å². The average Bonchev–Trinajstić information content (AvgIpc) is 3.27. The molecule has 0 saturated heterocycles. The topological polar surface area (TPSA) is 69.2 Å². The molecule has 0 fully saturated rings. The van der Waals surface area contributed by atoms with Gasteiger partial charge in [-0.2, -0.15) is 5.10 Å². The zero-order valence-corrected chi connectivity index (χ0v) is 20.0. The highest BCUT2D eigenvalue weighted by Gasteiger charge is 2.40. The van der Waals surface area contributed by atoms with Crippen molar-refractivity contribution in [2.75, 3.05) is 19.6 Å². The van der Waals surface area contributed by atoms with E-state index in [0.717, 1.165) is 39.6 Å². The Hall–Kier alpha value is -4.58. The van der Waals surface area contributed by atoms with Gasteiger partial charge in [0.15, 0.2) is 0 Å². The number of nitrogens with one attached hydrogen (secondary N) is 1. The Morgan fingerprint density at radius 1 is 0.806 bits per heavy atom. The highest BCUT2D eigenvalue weighted by molar-refractivity contribution is 6.07. The summed E-state index contributed by atoms with van der Waals surface area (Å²) in [6.07, 6.45) is -0.555. The molecular weight excluding hydrogens is 452 g/mol. The molecule has 0 spiro atoms. The molecule has 0 aromatic heterocycles. The SMILES string of the molecule is COc1ccc(/C(=N\Nc2ccccc2)C(c2ccc(OC)cc2)C2OC(=O)c3ccccc32)cc1. The van der Waals surface area contributed by atoms with Crippen LogP contribution in [0.3, 0.4) is 0 Å². The molecule has 1 aliphatic heterocycles. The number of nitrogens with zero attached hydrogens (tertiary/aromatic N) is 1. The van der Waals surface area contributed by atoms with Crippen molar-refractivity contribution in [2.45, 2.75) is 12.0 Å². The van der Waals surface area contributed by atoms with Crippen LogP contribution in [-0.4, -0.2) is 25.9 Å². The van der Waals surface area contributed by atoms with Crippen LogP contribution in [0.15, 0.2) is 108 Å². The van der Waals surface area contributed by atoms with E-state index in [-0.39, 0.29) is 5.97 Å². The Labute approximate surface area is 210 Å². The molecule has 180 valence electrons. The van der Waals surface area contributed by atoms with Gasteiger partial charge in [0.2, 0.25) is 0 Å². The van der Waals surface area contributed by atoms with Crippen molar-refractivity contribution in [2.24, 2.45) is 5.10 Å². The number of carbonyl (C=O) groups is 1. The number of anilines is 1. The summed E-state index contributed by atoms with van der Waals surface area (Å²) in [4.78, 5) is 12.8. The van der Waals surface area contributed by atoms with Gasteiger partial charge in [-0.05, 0) is 65.7 Å². The summed E-state index contributed by atoms with van der Waals surface area (Å²) in [6.45, 7) is 0. The number of hydrazone groups is 1. The van der Waals surface area contributed by atoms with Crippen molar-refractivity contribution in [1.82, 2.24) is 0 Å². The van der Waals surface area contributed by atoms with Gasteiger partial charge >= 0.3 is 5.97 Å². The van der Waals surface area contributed by atoms with Gasteiger partial charge in [0.05, 0.1) is 37.1 Å². The van der Waals surface area contributed by atoms with Crippen LogP contribution in [0, 0.1) is 0 Å². The number of esters is 1. The molecule has 36 heavy (non-hydrogen) atoms. The fraction of sp³-hybridized carbons (Fsp3) is 0.133. The minimum absolute atomic E-state index is 0.334. The summed E-state index contributed by atoms with van der Waals surface area (Å²) in [5, 5.41) is 4.88. The lowest BCUT2D eigenvalue weighted by molar-refractivity contribution is 0.0368. The number of para-hydroxylation sites is 1. The predicted molar refractivity (Wildman–Crippen MR) is 140 cm³/mol. The maximum absolute atomic E-state index is 12.8. The average molecular weight is 479 g/mol. The van der Waals surface area contributed by atoms with E-state index < -0.39 is 12.0 Å². The fourth-order valence-corrected chi connectivity index (χ4v) is 4.42. The van der Waals surface area contributed by atoms with E-state index in [4.69, 9.17) is 19.3 Å². The lowest BCUT2D eigenvalue weighted by atomic mass is 9.82. The number of ether oxygens (including phenoxy) is 3. The number of rotatable bonds is 8. The molecule has 4 aromatic carbocycles. The second-order valence-corrected chi connectivity index (χ2v) is 8.37. The Bertz CT molecular complexity index is 1370. The first kappa shape index (κ1) is 23.2. The van der Waals surface area contributed by atoms with E-state index in [1.807, 2.05) is 97.1 Å². The second-order valence-electron chi connectivity index (χ2n) is 8.37. The molecule has 0 saturated carbocycles. The molecule has 2 atom stereocenters. The second kappa shape index (κ2) is 10.4. The van der Waals surface area contributed by atoms with Gasteiger partial charge in [-0.25, -0.2) is 4.79 Å². The summed E-state index contributed by atoms with van der Waals surface area (Å²) in [7, 11) is 3.27. The maximum Gasteiger partial charge on any atom is 0.339 e. The first-order valence-corrected chi connectivity index (χ1v) is 11.6. The third kappa shape index (κ3) is 4.66. The molecule has 0 radical (unpaired) electrons. The predicted octanol–water partition coefficient (Wildman–Crippen LogP) is 6.22. The van der Waals surface area contributed by atoms with Crippen molar-refractivity contribution >= 4 is 17.4 Å². The Balaban J connectivity index is 1.67. The zero-order chi connectivity index (χ0) is 24.9. The highest BCUT2D eigenvalue weighted by atomic mass is 16.5. The number of fused-ring (bicyclic) bond motifs is 1. The van der Waals surface area contributed by atoms with Gasteiger partial charge in [-0.1, -0.05) is 48.5 Å². The number of hydrogen-bond acceptors (Lipinski definition) is 6. The van der Waals surface area contributed by atoms with Gasteiger partial charge in [-0.15, -0.1) is 0 Å². The summed E-state index contributed by atoms with van der Waals surface area (Å²) in [5.41, 5.74) is 7.99. The van der Waals surface area contributed by atoms with Gasteiger partial charge in [0.25, 0.3) is 0 Å². The van der Waals surface area contributed by atoms with Gasteiger partial charge < -0.3 is 14.2 Å². The smallest absolute Gasteiger partial charge is 0.339 e. The van der Waals surface area contributed by atoms with Gasteiger partial charge in [-0.3, -0.25) is 5.43 Å². The quantitative estimate of drug-likeness (QED) is 0.185. The Morgan fingerprint density at radius 3 is 2.08 bits per heavy atom. The molecule has 0 bridgehead atoms. The highest BCUT2D eigenvalue weighted by Crippen LogP contribution is 2.43. The van der Waals surface area contributed by atoms with E-state index in [1.54, 1.807) is 20.3 Å². The van der Waals surface area contributed by atoms with Crippen molar-refractivity contribution in [1.29, 1.82) is 0 Å². The largest absolute Gasteiger partial charge is 0.497 e. The van der Waals surface area contributed by atoms with E-state index in [2.05, 4.69) is 5.43 Å². The third-order valence-corrected chi connectivity index (χ3v) is 6.26. The zero-order valence-electron chi connectivity index (χ0n) is 20.0. The van der Waals surface area contributed by atoms with E-state index in [1.165, 1.54) is 0 Å². The summed E-state index contributed by atoms with van der Waals surface area (Å²) >= 11 is 0. The molecule has 1 N–H and O–H groups in total. The van der Waals surface area contributed by atoms with E-state index >= 15 is 0 Å². The van der Waals surface area contributed by atoms with Crippen molar-refractivity contribution in [3.8, 4) is 11.5 Å². The number of hydrogen-bond donors (Lipinski definition) is 1. The number of benzene rings is 4. The van der Waals surface area contributed by atoms with E-state index in [9.17, 15) is 4.79 Å². The minimum atomic E-state index is -0.555. The molecule has 6 nitrogen and oxygen atoms in total. The molecule has 2 unspecified atom stereocenters. The first-order chi connectivity index (χ1) is 17.7. The molecule has 6 heteroatoms. The van der Waals surface area contributed by atoms with Gasteiger partial charge in [0.1, 0.15) is 17.6 Å². The molecule has 1 aliphatic rings. The lowest BCUT2D eigenvalue weighted by Gasteiger charge is -2.26. The minimum Gasteiger partial charge on any atom is -0.497 e. The lowest BCUT2D eigenvalue weighted by Crippen LogP contribution is -2.23. The van der Waals surface area contributed by atoms with Crippen LogP contribution in [0.5, 0.6) is 11.5 Å². The van der Waals surface area contributed by atoms with Crippen molar-refractivity contribution < 1.29 is 19.0 Å². The van der Waals surface area contributed by atoms with E-state index in [0.29, 0.717) is 5.56 Å². The van der Waals surface area contributed by atoms with Crippen LogP contribution in [0.25, 0.3) is 0 Å². The van der Waals surface area contributed by atoms with Crippen LogP contribution in [0.4, 0.5) is 5.69 Å². The van der Waals surface area contributed by atoms with Gasteiger partial charge in [0, 0.05) is 5.56 Å². The van der Waals surface area contributed by atoms with Crippen LogP contribution < -0.4 is 14.9 Å². The van der Waals surface area contributed by atoms with Crippen LogP contribution in [0.1, 0.15) is 39.1 Å². The summed E-state index contributed by atoms with van der Waals surface area (Å²) in [6, 6.07) is 32.7. The molecule has 4 aromatic rings. The Kier molecular flexibility index (Phi) is 6.67. The monoisotopic (exact) mass is 478 g/mol. The molecule has 5 rings (SSSR count). The van der Waals surface area contributed by atoms with Crippen LogP contribution in [-0.2, 0) is 4.74 Å². The normalized spacial score (nSPS) is 15.6. The molecular formula is C30H26N2O4. The Morgan fingerprint density at radius 2 is 1.42 bits per heavy atom. The number of cyclic esters (lactones) is 1. The molecule has 0 aliphatic carbocycles. The molecule has 0 amide bonds. The number of carbonyl (C=O) groups excluding carboxylic acids is 1. The summed E-state index contributed by atoms with van der Waals surface area (Å²) < 4.78 is 16.8. The van der Waals surface area contributed by atoms with Crippen molar-refractivity contribution in [3.63, 3.8) is 0 Å².